The monoisotopic (exact) mass is 249 g/mol. The minimum atomic E-state index is -0.723. The van der Waals surface area contributed by atoms with E-state index in [1.807, 2.05) is 0 Å². The Morgan fingerprint density at radius 2 is 2.33 bits per heavy atom. The number of nitrogens with zero attached hydrogens (tertiary/aromatic N) is 1. The first-order chi connectivity index (χ1) is 8.60. The van der Waals surface area contributed by atoms with Crippen molar-refractivity contribution < 1.29 is 14.3 Å². The van der Waals surface area contributed by atoms with Crippen molar-refractivity contribution in [3.05, 3.63) is 29.8 Å². The summed E-state index contributed by atoms with van der Waals surface area (Å²) in [6, 6.07) is 1.41. The molecule has 18 heavy (non-hydrogen) atoms. The number of carboxylic acid groups (broad SMARTS) is 1. The van der Waals surface area contributed by atoms with Crippen LogP contribution in [0.1, 0.15) is 31.2 Å². The lowest BCUT2D eigenvalue weighted by Gasteiger charge is -2.33. The van der Waals surface area contributed by atoms with Crippen molar-refractivity contribution in [1.29, 1.82) is 0 Å². The van der Waals surface area contributed by atoms with Crippen molar-refractivity contribution in [1.82, 2.24) is 4.98 Å². The van der Waals surface area contributed by atoms with Crippen molar-refractivity contribution >= 4 is 5.97 Å². The van der Waals surface area contributed by atoms with Crippen LogP contribution in [0.25, 0.3) is 0 Å². The van der Waals surface area contributed by atoms with E-state index < -0.39 is 17.2 Å². The molecular weight excluding hydrogens is 233 g/mol. The highest BCUT2D eigenvalue weighted by Crippen LogP contribution is 2.57. The van der Waals surface area contributed by atoms with Crippen molar-refractivity contribution in [3.8, 4) is 0 Å². The number of hydrogen-bond donors (Lipinski definition) is 1. The van der Waals surface area contributed by atoms with Gasteiger partial charge in [0.1, 0.15) is 5.82 Å². The molecule has 1 aromatic heterocycles. The molecule has 0 spiro atoms. The molecule has 2 aliphatic carbocycles. The standard InChI is InChI=1S/C14H16FNO2/c15-12-4-10(7-16-8-12)6-14(13(17)18)5-9-1-2-11(14)3-9/h4,7-9,11H,1-3,5-6H2,(H,17,18). The maximum Gasteiger partial charge on any atom is 0.310 e. The summed E-state index contributed by atoms with van der Waals surface area (Å²) in [5.74, 6) is -0.314. The molecule has 0 aliphatic heterocycles. The highest BCUT2D eigenvalue weighted by atomic mass is 19.1. The Morgan fingerprint density at radius 3 is 2.89 bits per heavy atom. The minimum absolute atomic E-state index is 0.253. The Bertz CT molecular complexity index is 490. The summed E-state index contributed by atoms with van der Waals surface area (Å²) in [7, 11) is 0. The van der Waals surface area contributed by atoms with Crippen LogP contribution in [0.15, 0.2) is 18.5 Å². The fourth-order valence-electron chi connectivity index (χ4n) is 3.91. The number of carboxylic acids is 1. The molecule has 1 aromatic rings. The van der Waals surface area contributed by atoms with Crippen LogP contribution in [0.2, 0.25) is 0 Å². The Hall–Kier alpha value is -1.45. The van der Waals surface area contributed by atoms with E-state index in [-0.39, 0.29) is 5.92 Å². The zero-order chi connectivity index (χ0) is 12.8. The van der Waals surface area contributed by atoms with Gasteiger partial charge >= 0.3 is 5.97 Å². The Balaban J connectivity index is 1.90. The third-order valence-electron chi connectivity index (χ3n) is 4.68. The molecule has 2 fully saturated rings. The molecule has 3 rings (SSSR count). The average molecular weight is 249 g/mol. The smallest absolute Gasteiger partial charge is 0.310 e. The molecule has 2 saturated carbocycles. The lowest BCUT2D eigenvalue weighted by molar-refractivity contribution is -0.152. The number of aliphatic carboxylic acids is 1. The zero-order valence-electron chi connectivity index (χ0n) is 10.1. The molecular formula is C14H16FNO2. The van der Waals surface area contributed by atoms with E-state index in [0.29, 0.717) is 17.9 Å². The van der Waals surface area contributed by atoms with Gasteiger partial charge < -0.3 is 5.11 Å². The number of fused-ring (bicyclic) bond motifs is 2. The number of rotatable bonds is 3. The van der Waals surface area contributed by atoms with Gasteiger partial charge in [-0.1, -0.05) is 6.42 Å². The van der Waals surface area contributed by atoms with Gasteiger partial charge in [0, 0.05) is 6.20 Å². The first kappa shape index (κ1) is 11.6. The minimum Gasteiger partial charge on any atom is -0.481 e. The summed E-state index contributed by atoms with van der Waals surface area (Å²) in [4.78, 5) is 15.5. The molecule has 3 unspecified atom stereocenters. The highest BCUT2D eigenvalue weighted by Gasteiger charge is 2.55. The summed E-state index contributed by atoms with van der Waals surface area (Å²) in [6.45, 7) is 0. The summed E-state index contributed by atoms with van der Waals surface area (Å²) < 4.78 is 13.1. The summed E-state index contributed by atoms with van der Waals surface area (Å²) in [5.41, 5.74) is 0.0169. The zero-order valence-corrected chi connectivity index (χ0v) is 10.1. The van der Waals surface area contributed by atoms with Gasteiger partial charge in [0.25, 0.3) is 0 Å². The first-order valence-corrected chi connectivity index (χ1v) is 6.43. The third-order valence-corrected chi connectivity index (χ3v) is 4.68. The Morgan fingerprint density at radius 1 is 1.50 bits per heavy atom. The van der Waals surface area contributed by atoms with E-state index in [0.717, 1.165) is 31.9 Å². The second-order valence-electron chi connectivity index (χ2n) is 5.73. The van der Waals surface area contributed by atoms with E-state index in [1.165, 1.54) is 6.07 Å². The fraction of sp³-hybridized carbons (Fsp3) is 0.571. The molecule has 0 aromatic carbocycles. The molecule has 4 heteroatoms. The van der Waals surface area contributed by atoms with Gasteiger partial charge in [-0.25, -0.2) is 4.39 Å². The van der Waals surface area contributed by atoms with Gasteiger partial charge in [-0.05, 0) is 49.1 Å². The van der Waals surface area contributed by atoms with Crippen molar-refractivity contribution in [2.24, 2.45) is 17.3 Å². The molecule has 1 N–H and O–H groups in total. The topological polar surface area (TPSA) is 50.2 Å². The molecule has 1 heterocycles. The van der Waals surface area contributed by atoms with Gasteiger partial charge in [-0.3, -0.25) is 9.78 Å². The van der Waals surface area contributed by atoms with E-state index in [4.69, 9.17) is 0 Å². The quantitative estimate of drug-likeness (QED) is 0.896. The highest BCUT2D eigenvalue weighted by molar-refractivity contribution is 5.76. The number of aromatic nitrogens is 1. The molecule has 0 radical (unpaired) electrons. The Labute approximate surface area is 105 Å². The maximum absolute atomic E-state index is 13.1. The molecule has 3 nitrogen and oxygen atoms in total. The summed E-state index contributed by atoms with van der Waals surface area (Å²) in [6.07, 6.45) is 7.06. The normalized spacial score (nSPS) is 33.8. The number of hydrogen-bond acceptors (Lipinski definition) is 2. The van der Waals surface area contributed by atoms with Crippen molar-refractivity contribution in [3.63, 3.8) is 0 Å². The molecule has 2 bridgehead atoms. The molecule has 0 saturated heterocycles. The van der Waals surface area contributed by atoms with Gasteiger partial charge in [0.2, 0.25) is 0 Å². The summed E-state index contributed by atoms with van der Waals surface area (Å²) in [5, 5.41) is 9.60. The fourth-order valence-corrected chi connectivity index (χ4v) is 3.91. The van der Waals surface area contributed by atoms with Crippen molar-refractivity contribution in [2.75, 3.05) is 0 Å². The molecule has 2 aliphatic rings. The van der Waals surface area contributed by atoms with Crippen LogP contribution in [0.4, 0.5) is 4.39 Å². The van der Waals surface area contributed by atoms with E-state index in [1.54, 1.807) is 6.20 Å². The number of pyridine rings is 1. The molecule has 3 atom stereocenters. The van der Waals surface area contributed by atoms with Gasteiger partial charge in [-0.15, -0.1) is 0 Å². The first-order valence-electron chi connectivity index (χ1n) is 6.43. The van der Waals surface area contributed by atoms with Crippen LogP contribution in [0.3, 0.4) is 0 Å². The van der Waals surface area contributed by atoms with Crippen LogP contribution in [0.5, 0.6) is 0 Å². The van der Waals surface area contributed by atoms with Gasteiger partial charge in [0.15, 0.2) is 0 Å². The molecule has 96 valence electrons. The van der Waals surface area contributed by atoms with Crippen LogP contribution >= 0.6 is 0 Å². The predicted molar refractivity (Wildman–Crippen MR) is 63.4 cm³/mol. The average Bonchev–Trinajstić information content (AvgIpc) is 2.89. The van der Waals surface area contributed by atoms with Crippen LogP contribution in [0, 0.1) is 23.1 Å². The lowest BCUT2D eigenvalue weighted by Crippen LogP contribution is -2.38. The van der Waals surface area contributed by atoms with Crippen LogP contribution in [-0.4, -0.2) is 16.1 Å². The Kier molecular flexibility index (Phi) is 2.61. The predicted octanol–water partition coefficient (Wildman–Crippen LogP) is 2.65. The lowest BCUT2D eigenvalue weighted by atomic mass is 9.69. The van der Waals surface area contributed by atoms with E-state index in [2.05, 4.69) is 4.98 Å². The van der Waals surface area contributed by atoms with E-state index >= 15 is 0 Å². The van der Waals surface area contributed by atoms with Crippen LogP contribution in [-0.2, 0) is 11.2 Å². The van der Waals surface area contributed by atoms with E-state index in [9.17, 15) is 14.3 Å². The number of halogens is 1. The third kappa shape index (κ3) is 1.71. The number of carbonyl (C=O) groups is 1. The van der Waals surface area contributed by atoms with Crippen molar-refractivity contribution in [2.45, 2.75) is 32.1 Å². The largest absolute Gasteiger partial charge is 0.481 e. The maximum atomic E-state index is 13.1. The SMILES string of the molecule is O=C(O)C1(Cc2cncc(F)c2)CC2CCC1C2. The van der Waals surface area contributed by atoms with Gasteiger partial charge in [0.05, 0.1) is 11.6 Å². The second kappa shape index (κ2) is 4.04. The molecule has 0 amide bonds. The van der Waals surface area contributed by atoms with Crippen LogP contribution < -0.4 is 0 Å². The van der Waals surface area contributed by atoms with Gasteiger partial charge in [-0.2, -0.15) is 0 Å². The summed E-state index contributed by atoms with van der Waals surface area (Å²) >= 11 is 0. The second-order valence-corrected chi connectivity index (χ2v) is 5.73.